The van der Waals surface area contributed by atoms with E-state index >= 15 is 0 Å². The molecule has 0 fully saturated rings. The van der Waals surface area contributed by atoms with Gasteiger partial charge in [0.2, 0.25) is 5.03 Å². The molecule has 1 heterocycles. The molecular weight excluding hydrogens is 312 g/mol. The van der Waals surface area contributed by atoms with E-state index in [-0.39, 0.29) is 9.63 Å². The Morgan fingerprint density at radius 1 is 1.53 bits per heavy atom. The Labute approximate surface area is 109 Å². The lowest BCUT2D eigenvalue weighted by Crippen LogP contribution is -2.27. The fourth-order valence-corrected chi connectivity index (χ4v) is 3.37. The maximum absolute atomic E-state index is 11.9. The molecule has 0 saturated carbocycles. The van der Waals surface area contributed by atoms with E-state index in [1.54, 1.807) is 0 Å². The van der Waals surface area contributed by atoms with E-state index < -0.39 is 10.0 Å². The van der Waals surface area contributed by atoms with Crippen LogP contribution in [0.15, 0.2) is 9.63 Å². The Balaban J connectivity index is 2.58. The van der Waals surface area contributed by atoms with E-state index in [1.165, 1.54) is 11.7 Å². The highest BCUT2D eigenvalue weighted by atomic mass is 79.9. The normalized spacial score (nSPS) is 11.9. The molecule has 0 unspecified atom stereocenters. The van der Waals surface area contributed by atoms with Crippen molar-refractivity contribution < 1.29 is 13.2 Å². The fraction of sp³-hybridized carbons (Fsp3) is 0.750. The summed E-state index contributed by atoms with van der Waals surface area (Å²) in [6.07, 6.45) is 0.621. The average molecular weight is 327 g/mol. The molecular formula is C8H15BrN4O3S. The molecule has 1 aromatic heterocycles. The van der Waals surface area contributed by atoms with Crippen LogP contribution in [0, 0.1) is 0 Å². The predicted molar refractivity (Wildman–Crippen MR) is 65.0 cm³/mol. The van der Waals surface area contributed by atoms with Crippen molar-refractivity contribution in [1.82, 2.24) is 19.7 Å². The van der Waals surface area contributed by atoms with Crippen LogP contribution in [0.5, 0.6) is 0 Å². The largest absolute Gasteiger partial charge is 0.382 e. The molecule has 0 aliphatic rings. The molecule has 7 nitrogen and oxygen atoms in total. The molecule has 0 spiro atoms. The zero-order chi connectivity index (χ0) is 12.9. The highest BCUT2D eigenvalue weighted by molar-refractivity contribution is 9.10. The number of nitrogens with zero attached hydrogens (tertiary/aromatic N) is 3. The van der Waals surface area contributed by atoms with Gasteiger partial charge in [0.25, 0.3) is 10.0 Å². The lowest BCUT2D eigenvalue weighted by Gasteiger charge is -2.06. The molecule has 1 rings (SSSR count). The van der Waals surface area contributed by atoms with Gasteiger partial charge in [-0.3, -0.25) is 0 Å². The number of hydrogen-bond donors (Lipinski definition) is 1. The predicted octanol–water partition coefficient (Wildman–Crippen LogP) is 0.283. The SMILES string of the molecule is CCOCCCNS(=O)(=O)c1c(Br)nnn1C. The minimum atomic E-state index is -3.58. The summed E-state index contributed by atoms with van der Waals surface area (Å²) in [7, 11) is -2.06. The van der Waals surface area contributed by atoms with Crippen molar-refractivity contribution in [2.75, 3.05) is 19.8 Å². The molecule has 0 saturated heterocycles. The van der Waals surface area contributed by atoms with Gasteiger partial charge < -0.3 is 4.74 Å². The maximum Gasteiger partial charge on any atom is 0.260 e. The standard InChI is InChI=1S/C8H15BrN4O3S/c1-3-16-6-4-5-10-17(14,15)8-7(9)11-12-13(8)2/h10H,3-6H2,1-2H3. The van der Waals surface area contributed by atoms with Crippen molar-refractivity contribution in [3.05, 3.63) is 4.60 Å². The monoisotopic (exact) mass is 326 g/mol. The number of rotatable bonds is 7. The van der Waals surface area contributed by atoms with Crippen molar-refractivity contribution in [2.45, 2.75) is 18.4 Å². The third-order valence-corrected chi connectivity index (χ3v) is 4.30. The molecule has 9 heteroatoms. The van der Waals surface area contributed by atoms with Crippen LogP contribution in [-0.4, -0.2) is 43.2 Å². The number of hydrogen-bond acceptors (Lipinski definition) is 5. The van der Waals surface area contributed by atoms with Crippen molar-refractivity contribution in [3.8, 4) is 0 Å². The second kappa shape index (κ2) is 6.43. The Hall–Kier alpha value is -0.510. The van der Waals surface area contributed by atoms with E-state index in [1.807, 2.05) is 6.92 Å². The van der Waals surface area contributed by atoms with Gasteiger partial charge in [-0.1, -0.05) is 5.21 Å². The molecule has 0 aliphatic carbocycles. The van der Waals surface area contributed by atoms with Gasteiger partial charge in [-0.2, -0.15) is 0 Å². The van der Waals surface area contributed by atoms with Crippen LogP contribution < -0.4 is 4.72 Å². The number of nitrogens with one attached hydrogen (secondary N) is 1. The zero-order valence-electron chi connectivity index (χ0n) is 9.68. The fourth-order valence-electron chi connectivity index (χ4n) is 1.20. The molecule has 17 heavy (non-hydrogen) atoms. The van der Waals surface area contributed by atoms with Crippen molar-refractivity contribution >= 4 is 26.0 Å². The smallest absolute Gasteiger partial charge is 0.260 e. The molecule has 0 atom stereocenters. The van der Waals surface area contributed by atoms with Crippen molar-refractivity contribution in [2.24, 2.45) is 7.05 Å². The lowest BCUT2D eigenvalue weighted by molar-refractivity contribution is 0.146. The van der Waals surface area contributed by atoms with E-state index in [9.17, 15) is 8.42 Å². The van der Waals surface area contributed by atoms with Gasteiger partial charge in [0.1, 0.15) is 0 Å². The second-order valence-electron chi connectivity index (χ2n) is 3.26. The summed E-state index contributed by atoms with van der Waals surface area (Å²) >= 11 is 3.05. The lowest BCUT2D eigenvalue weighted by atomic mass is 10.5. The Kier molecular flexibility index (Phi) is 5.50. The quantitative estimate of drug-likeness (QED) is 0.727. The molecule has 1 N–H and O–H groups in total. The van der Waals surface area contributed by atoms with Crippen LogP contribution in [0.4, 0.5) is 0 Å². The van der Waals surface area contributed by atoms with Gasteiger partial charge in [-0.25, -0.2) is 17.8 Å². The van der Waals surface area contributed by atoms with Gasteiger partial charge in [0, 0.05) is 26.8 Å². The molecule has 0 aromatic carbocycles. The third kappa shape index (κ3) is 4.02. The van der Waals surface area contributed by atoms with Crippen LogP contribution in [0.1, 0.15) is 13.3 Å². The third-order valence-electron chi connectivity index (χ3n) is 1.95. The number of sulfonamides is 1. The van der Waals surface area contributed by atoms with Crippen molar-refractivity contribution in [3.63, 3.8) is 0 Å². The second-order valence-corrected chi connectivity index (χ2v) is 5.69. The first-order valence-electron chi connectivity index (χ1n) is 5.11. The summed E-state index contributed by atoms with van der Waals surface area (Å²) in [5.74, 6) is 0. The van der Waals surface area contributed by atoms with Crippen LogP contribution in [0.3, 0.4) is 0 Å². The van der Waals surface area contributed by atoms with E-state index in [2.05, 4.69) is 31.0 Å². The van der Waals surface area contributed by atoms with Gasteiger partial charge in [-0.15, -0.1) is 5.10 Å². The first kappa shape index (κ1) is 14.6. The van der Waals surface area contributed by atoms with Gasteiger partial charge in [0.05, 0.1) is 0 Å². The van der Waals surface area contributed by atoms with Crippen LogP contribution in [0.25, 0.3) is 0 Å². The number of aromatic nitrogens is 3. The molecule has 98 valence electrons. The van der Waals surface area contributed by atoms with E-state index in [0.29, 0.717) is 26.2 Å². The highest BCUT2D eigenvalue weighted by Crippen LogP contribution is 2.17. The molecule has 0 amide bonds. The van der Waals surface area contributed by atoms with Gasteiger partial charge >= 0.3 is 0 Å². The molecule has 0 bridgehead atoms. The topological polar surface area (TPSA) is 86.1 Å². The van der Waals surface area contributed by atoms with Crippen LogP contribution in [-0.2, 0) is 21.8 Å². The minimum absolute atomic E-state index is 0.0221. The summed E-state index contributed by atoms with van der Waals surface area (Å²) < 4.78 is 32.8. The van der Waals surface area contributed by atoms with Gasteiger partial charge in [-0.05, 0) is 29.3 Å². The number of aryl methyl sites for hydroxylation is 1. The summed E-state index contributed by atoms with van der Waals surface area (Å²) in [6, 6.07) is 0. The number of ether oxygens (including phenoxy) is 1. The summed E-state index contributed by atoms with van der Waals surface area (Å²) in [6.45, 7) is 3.37. The van der Waals surface area contributed by atoms with Gasteiger partial charge in [0.15, 0.2) is 4.60 Å². The highest BCUT2D eigenvalue weighted by Gasteiger charge is 2.22. The Morgan fingerprint density at radius 3 is 2.76 bits per heavy atom. The summed E-state index contributed by atoms with van der Waals surface area (Å²) in [5.41, 5.74) is 0. The Morgan fingerprint density at radius 2 is 2.24 bits per heavy atom. The van der Waals surface area contributed by atoms with Crippen molar-refractivity contribution in [1.29, 1.82) is 0 Å². The first-order chi connectivity index (χ1) is 7.99. The first-order valence-corrected chi connectivity index (χ1v) is 7.39. The molecule has 1 aromatic rings. The molecule has 0 aliphatic heterocycles. The summed E-state index contributed by atoms with van der Waals surface area (Å²) in [4.78, 5) is 0. The van der Waals surface area contributed by atoms with Crippen LogP contribution in [0.2, 0.25) is 0 Å². The summed E-state index contributed by atoms with van der Waals surface area (Å²) in [5, 5.41) is 7.26. The average Bonchev–Trinajstić information content (AvgIpc) is 2.58. The number of halogens is 1. The molecule has 0 radical (unpaired) electrons. The Bertz CT molecular complexity index is 440. The van der Waals surface area contributed by atoms with Crippen LogP contribution >= 0.6 is 15.9 Å². The minimum Gasteiger partial charge on any atom is -0.382 e. The zero-order valence-corrected chi connectivity index (χ0v) is 12.1. The van der Waals surface area contributed by atoms with E-state index in [4.69, 9.17) is 4.74 Å². The maximum atomic E-state index is 11.9. The van der Waals surface area contributed by atoms with E-state index in [0.717, 1.165) is 0 Å².